The van der Waals surface area contributed by atoms with E-state index in [0.29, 0.717) is 41.3 Å². The van der Waals surface area contributed by atoms with Gasteiger partial charge in [-0.3, -0.25) is 9.52 Å². The highest BCUT2D eigenvalue weighted by Crippen LogP contribution is 2.30. The van der Waals surface area contributed by atoms with Crippen molar-refractivity contribution in [3.63, 3.8) is 0 Å². The van der Waals surface area contributed by atoms with E-state index in [1.165, 1.54) is 6.20 Å². The average Bonchev–Trinajstić information content (AvgIpc) is 2.66. The summed E-state index contributed by atoms with van der Waals surface area (Å²) in [6, 6.07) is 5.23. The van der Waals surface area contributed by atoms with Crippen molar-refractivity contribution < 1.29 is 13.2 Å². The molecule has 1 aliphatic heterocycles. The lowest BCUT2D eigenvalue weighted by atomic mass is 10.1. The lowest BCUT2D eigenvalue weighted by molar-refractivity contribution is 0.0943. The number of hydrogen-bond acceptors (Lipinski definition) is 6. The van der Waals surface area contributed by atoms with Gasteiger partial charge in [0.15, 0.2) is 5.82 Å². The molecule has 0 atom stereocenters. The number of carbonyl (C=O) groups excluding carboxylic acids is 1. The first kappa shape index (κ1) is 23.0. The molecule has 3 N–H and O–H groups in total. The number of nitrogens with zero attached hydrogens (tertiary/aromatic N) is 2. The molecule has 1 aromatic heterocycles. The van der Waals surface area contributed by atoms with Crippen LogP contribution in [0, 0.1) is 20.8 Å². The SMILES string of the molecule is Cc1cc(C)c(S(=O)(=O)Nc2cc(C(=O)NC(C)C)cnc2N2CCNCC2)c(C)c1. The molecule has 0 aliphatic carbocycles. The molecular formula is C22H31N5O3S. The van der Waals surface area contributed by atoms with Gasteiger partial charge in [-0.15, -0.1) is 0 Å². The van der Waals surface area contributed by atoms with E-state index < -0.39 is 10.0 Å². The van der Waals surface area contributed by atoms with Crippen molar-refractivity contribution in [3.05, 3.63) is 46.6 Å². The number of rotatable bonds is 6. The van der Waals surface area contributed by atoms with E-state index in [0.717, 1.165) is 18.7 Å². The predicted molar refractivity (Wildman–Crippen MR) is 123 cm³/mol. The number of nitrogens with one attached hydrogen (secondary N) is 3. The molecule has 0 saturated carbocycles. The van der Waals surface area contributed by atoms with E-state index in [1.54, 1.807) is 19.9 Å². The first-order valence-electron chi connectivity index (χ1n) is 10.5. The Balaban J connectivity index is 2.05. The Morgan fingerprint density at radius 1 is 1.10 bits per heavy atom. The maximum Gasteiger partial charge on any atom is 0.262 e. The molecule has 0 spiro atoms. The summed E-state index contributed by atoms with van der Waals surface area (Å²) in [5.74, 6) is 0.228. The van der Waals surface area contributed by atoms with Crippen LogP contribution in [0.5, 0.6) is 0 Å². The maximum absolute atomic E-state index is 13.4. The van der Waals surface area contributed by atoms with Gasteiger partial charge >= 0.3 is 0 Å². The minimum Gasteiger partial charge on any atom is -0.352 e. The van der Waals surface area contributed by atoms with Crippen molar-refractivity contribution >= 4 is 27.4 Å². The topological polar surface area (TPSA) is 103 Å². The monoisotopic (exact) mass is 445 g/mol. The summed E-state index contributed by atoms with van der Waals surface area (Å²) in [6.07, 6.45) is 1.50. The Labute approximate surface area is 184 Å². The zero-order chi connectivity index (χ0) is 22.8. The highest BCUT2D eigenvalue weighted by Gasteiger charge is 2.25. The predicted octanol–water partition coefficient (Wildman–Crippen LogP) is 2.36. The molecular weight excluding hydrogens is 414 g/mol. The molecule has 1 fully saturated rings. The molecule has 1 aromatic carbocycles. The van der Waals surface area contributed by atoms with Gasteiger partial charge in [0.25, 0.3) is 15.9 Å². The highest BCUT2D eigenvalue weighted by molar-refractivity contribution is 7.92. The van der Waals surface area contributed by atoms with Gasteiger partial charge in [-0.1, -0.05) is 17.7 Å². The molecule has 3 rings (SSSR count). The number of benzene rings is 1. The second kappa shape index (κ2) is 9.23. The van der Waals surface area contributed by atoms with Crippen LogP contribution in [0.25, 0.3) is 0 Å². The Hall–Kier alpha value is -2.65. The van der Waals surface area contributed by atoms with Gasteiger partial charge in [0.05, 0.1) is 16.1 Å². The van der Waals surface area contributed by atoms with Crippen LogP contribution in [0.15, 0.2) is 29.3 Å². The quantitative estimate of drug-likeness (QED) is 0.631. The number of pyridine rings is 1. The Kier molecular flexibility index (Phi) is 6.86. The molecule has 1 saturated heterocycles. The van der Waals surface area contributed by atoms with Gasteiger partial charge < -0.3 is 15.5 Å². The van der Waals surface area contributed by atoms with E-state index in [-0.39, 0.29) is 16.8 Å². The fraction of sp³-hybridized carbons (Fsp3) is 0.455. The van der Waals surface area contributed by atoms with Gasteiger partial charge in [-0.2, -0.15) is 0 Å². The number of anilines is 2. The molecule has 8 nitrogen and oxygen atoms in total. The highest BCUT2D eigenvalue weighted by atomic mass is 32.2. The van der Waals surface area contributed by atoms with Gasteiger partial charge in [0.2, 0.25) is 0 Å². The molecule has 1 aliphatic rings. The van der Waals surface area contributed by atoms with E-state index in [4.69, 9.17) is 0 Å². The van der Waals surface area contributed by atoms with Crippen molar-refractivity contribution in [2.24, 2.45) is 0 Å². The van der Waals surface area contributed by atoms with Crippen LogP contribution in [0.4, 0.5) is 11.5 Å². The summed E-state index contributed by atoms with van der Waals surface area (Å²) in [5, 5.41) is 6.10. The zero-order valence-electron chi connectivity index (χ0n) is 18.7. The van der Waals surface area contributed by atoms with Gasteiger partial charge in [0.1, 0.15) is 0 Å². The third kappa shape index (κ3) is 5.34. The summed E-state index contributed by atoms with van der Waals surface area (Å²) >= 11 is 0. The number of aromatic nitrogens is 1. The van der Waals surface area contributed by atoms with Crippen molar-refractivity contribution in [2.75, 3.05) is 35.8 Å². The molecule has 0 bridgehead atoms. The van der Waals surface area contributed by atoms with Crippen molar-refractivity contribution in [1.82, 2.24) is 15.6 Å². The third-order valence-electron chi connectivity index (χ3n) is 5.08. The first-order chi connectivity index (χ1) is 14.6. The molecule has 2 aromatic rings. The normalized spacial score (nSPS) is 14.6. The smallest absolute Gasteiger partial charge is 0.262 e. The van der Waals surface area contributed by atoms with E-state index in [1.807, 2.05) is 37.8 Å². The van der Waals surface area contributed by atoms with E-state index in [9.17, 15) is 13.2 Å². The fourth-order valence-corrected chi connectivity index (χ4v) is 5.42. The maximum atomic E-state index is 13.4. The molecule has 2 heterocycles. The van der Waals surface area contributed by atoms with Crippen LogP contribution in [0.2, 0.25) is 0 Å². The van der Waals surface area contributed by atoms with Gasteiger partial charge in [-0.25, -0.2) is 13.4 Å². The molecule has 0 radical (unpaired) electrons. The lowest BCUT2D eigenvalue weighted by Crippen LogP contribution is -2.44. The van der Waals surface area contributed by atoms with Crippen LogP contribution in [-0.2, 0) is 10.0 Å². The Morgan fingerprint density at radius 2 is 1.71 bits per heavy atom. The summed E-state index contributed by atoms with van der Waals surface area (Å²) in [4.78, 5) is 19.3. The third-order valence-corrected chi connectivity index (χ3v) is 6.75. The number of hydrogen-bond donors (Lipinski definition) is 3. The minimum absolute atomic E-state index is 0.0432. The lowest BCUT2D eigenvalue weighted by Gasteiger charge is -2.30. The van der Waals surface area contributed by atoms with Crippen LogP contribution in [-0.4, -0.2) is 51.5 Å². The van der Waals surface area contributed by atoms with E-state index in [2.05, 4.69) is 20.3 Å². The molecule has 1 amide bonds. The average molecular weight is 446 g/mol. The first-order valence-corrected chi connectivity index (χ1v) is 11.9. The number of sulfonamides is 1. The summed E-state index contributed by atoms with van der Waals surface area (Å²) in [7, 11) is -3.88. The van der Waals surface area contributed by atoms with Crippen LogP contribution < -0.4 is 20.3 Å². The van der Waals surface area contributed by atoms with Gasteiger partial charge in [0, 0.05) is 38.4 Å². The molecule has 0 unspecified atom stereocenters. The van der Waals surface area contributed by atoms with Crippen LogP contribution in [0.1, 0.15) is 40.9 Å². The number of piperazine rings is 1. The summed E-state index contributed by atoms with van der Waals surface area (Å²) in [5.41, 5.74) is 2.97. The largest absolute Gasteiger partial charge is 0.352 e. The van der Waals surface area contributed by atoms with Crippen LogP contribution >= 0.6 is 0 Å². The van der Waals surface area contributed by atoms with E-state index >= 15 is 0 Å². The Bertz CT molecular complexity index is 1050. The van der Waals surface area contributed by atoms with Crippen molar-refractivity contribution in [1.29, 1.82) is 0 Å². The molecule has 168 valence electrons. The number of carbonyl (C=O) groups is 1. The second-order valence-electron chi connectivity index (χ2n) is 8.29. The van der Waals surface area contributed by atoms with Crippen LogP contribution in [0.3, 0.4) is 0 Å². The van der Waals surface area contributed by atoms with Crippen molar-refractivity contribution in [3.8, 4) is 0 Å². The van der Waals surface area contributed by atoms with Crippen molar-refractivity contribution in [2.45, 2.75) is 45.6 Å². The summed E-state index contributed by atoms with van der Waals surface area (Å²) < 4.78 is 29.5. The standard InChI is InChI=1S/C22H31N5O3S/c1-14(2)25-22(28)18-12-19(21(24-13-18)27-8-6-23-7-9-27)26-31(29,30)20-16(4)10-15(3)11-17(20)5/h10-14,23,26H,6-9H2,1-5H3,(H,25,28). The molecule has 31 heavy (non-hydrogen) atoms. The molecule has 9 heteroatoms. The summed E-state index contributed by atoms with van der Waals surface area (Å²) in [6.45, 7) is 12.2. The second-order valence-corrected chi connectivity index (χ2v) is 9.91. The number of amides is 1. The fourth-order valence-electron chi connectivity index (χ4n) is 3.92. The zero-order valence-corrected chi connectivity index (χ0v) is 19.6. The van der Waals surface area contributed by atoms with Gasteiger partial charge in [-0.05, 0) is 51.8 Å². The minimum atomic E-state index is -3.88. The number of aryl methyl sites for hydroxylation is 3. The Morgan fingerprint density at radius 3 is 2.29 bits per heavy atom.